The van der Waals surface area contributed by atoms with Crippen molar-refractivity contribution < 1.29 is 9.52 Å². The van der Waals surface area contributed by atoms with Gasteiger partial charge in [0.25, 0.3) is 5.91 Å². The molecule has 2 fully saturated rings. The van der Waals surface area contributed by atoms with Crippen molar-refractivity contribution in [3.8, 4) is 0 Å². The predicted octanol–water partition coefficient (Wildman–Crippen LogP) is 1.65. The second-order valence-electron chi connectivity index (χ2n) is 8.47. The monoisotopic (exact) mass is 429 g/mol. The lowest BCUT2D eigenvalue weighted by Gasteiger charge is -2.50. The van der Waals surface area contributed by atoms with Crippen LogP contribution in [-0.4, -0.2) is 65.5 Å². The molecule has 3 heterocycles. The number of nitrogens with zero attached hydrogens (tertiary/aromatic N) is 4. The zero-order chi connectivity index (χ0) is 21.9. The summed E-state index contributed by atoms with van der Waals surface area (Å²) in [6, 6.07) is 21.9. The van der Waals surface area contributed by atoms with Crippen LogP contribution in [0.25, 0.3) is 0 Å². The molecule has 7 nitrogen and oxygen atoms in total. The summed E-state index contributed by atoms with van der Waals surface area (Å²) in [5, 5.41) is 15.2. The van der Waals surface area contributed by atoms with Gasteiger partial charge in [-0.15, -0.1) is 0 Å². The van der Waals surface area contributed by atoms with Crippen molar-refractivity contribution >= 4 is 5.91 Å². The van der Waals surface area contributed by atoms with Crippen molar-refractivity contribution in [3.63, 3.8) is 0 Å². The number of carbonyl (C=O) groups is 1. The predicted molar refractivity (Wildman–Crippen MR) is 121 cm³/mol. The van der Waals surface area contributed by atoms with Gasteiger partial charge in [0.05, 0.1) is 6.20 Å². The van der Waals surface area contributed by atoms with Crippen LogP contribution in [0, 0.1) is 5.21 Å². The third-order valence-electron chi connectivity index (χ3n) is 6.57. The van der Waals surface area contributed by atoms with Gasteiger partial charge in [-0.05, 0) is 11.1 Å². The fraction of sp³-hybridized carbons (Fsp3) is 0.320. The van der Waals surface area contributed by atoms with Gasteiger partial charge in [-0.3, -0.25) is 9.69 Å². The lowest BCUT2D eigenvalue weighted by Crippen LogP contribution is -2.66. The molecule has 2 aromatic carbocycles. The first-order chi connectivity index (χ1) is 15.7. The summed E-state index contributed by atoms with van der Waals surface area (Å²) in [5.74, 6) is 0.0600. The minimum atomic E-state index is -0.181. The van der Waals surface area contributed by atoms with E-state index in [-0.39, 0.29) is 29.6 Å². The van der Waals surface area contributed by atoms with E-state index < -0.39 is 0 Å². The van der Waals surface area contributed by atoms with Gasteiger partial charge in [-0.2, -0.15) is 4.73 Å². The first-order valence-electron chi connectivity index (χ1n) is 11.1. The highest BCUT2D eigenvalue weighted by molar-refractivity contribution is 5.91. The normalized spacial score (nSPS) is 21.3. The van der Waals surface area contributed by atoms with Crippen molar-refractivity contribution in [1.29, 1.82) is 0 Å². The molecule has 3 aromatic rings. The summed E-state index contributed by atoms with van der Waals surface area (Å²) in [7, 11) is 0. The summed E-state index contributed by atoms with van der Waals surface area (Å²) < 4.78 is 0.624. The minimum Gasteiger partial charge on any atom is -0.619 e. The Morgan fingerprint density at radius 2 is 1.72 bits per heavy atom. The highest BCUT2D eigenvalue weighted by Gasteiger charge is 2.40. The van der Waals surface area contributed by atoms with Crippen LogP contribution in [0.4, 0.5) is 0 Å². The van der Waals surface area contributed by atoms with Gasteiger partial charge in [-0.25, -0.2) is 4.98 Å². The molecule has 1 amide bonds. The number of carbonyl (C=O) groups excluding carboxylic acids is 1. The van der Waals surface area contributed by atoms with Crippen LogP contribution in [0.3, 0.4) is 0 Å². The number of fused-ring (bicyclic) bond motifs is 1. The Labute approximate surface area is 187 Å². The summed E-state index contributed by atoms with van der Waals surface area (Å²) in [6.45, 7) is 3.77. The molecule has 7 heteroatoms. The number of rotatable bonds is 4. The Balaban J connectivity index is 1.39. The Kier molecular flexibility index (Phi) is 5.83. The third-order valence-corrected chi connectivity index (χ3v) is 6.57. The van der Waals surface area contributed by atoms with E-state index in [1.54, 1.807) is 0 Å². The third kappa shape index (κ3) is 4.09. The molecule has 5 rings (SSSR count). The summed E-state index contributed by atoms with van der Waals surface area (Å²) in [6.07, 6.45) is 3.91. The van der Waals surface area contributed by atoms with Crippen LogP contribution in [0.15, 0.2) is 79.3 Å². The molecule has 2 saturated heterocycles. The zero-order valence-corrected chi connectivity index (χ0v) is 17.9. The Morgan fingerprint density at radius 3 is 2.38 bits per heavy atom. The van der Waals surface area contributed by atoms with Crippen LogP contribution in [0.1, 0.15) is 27.5 Å². The molecule has 0 aliphatic carbocycles. The van der Waals surface area contributed by atoms with Gasteiger partial charge in [0.1, 0.15) is 0 Å². The van der Waals surface area contributed by atoms with Gasteiger partial charge in [0.2, 0.25) is 6.20 Å². The second-order valence-corrected chi connectivity index (χ2v) is 8.47. The molecule has 0 radical (unpaired) electrons. The van der Waals surface area contributed by atoms with Crippen LogP contribution < -0.4 is 10.0 Å². The lowest BCUT2D eigenvalue weighted by molar-refractivity contribution is -0.606. The molecule has 0 saturated carbocycles. The fourth-order valence-electron chi connectivity index (χ4n) is 5.10. The van der Waals surface area contributed by atoms with E-state index in [0.29, 0.717) is 17.8 Å². The largest absolute Gasteiger partial charge is 0.619 e. The van der Waals surface area contributed by atoms with E-state index in [9.17, 15) is 10.0 Å². The fourth-order valence-corrected chi connectivity index (χ4v) is 5.10. The Morgan fingerprint density at radius 1 is 1.03 bits per heavy atom. The number of hydrogen-bond donors (Lipinski definition) is 1. The maximum Gasteiger partial charge on any atom is 0.278 e. The highest BCUT2D eigenvalue weighted by Crippen LogP contribution is 2.34. The number of hydrogen-bond acceptors (Lipinski definition) is 5. The molecule has 1 N–H and O–H groups in total. The van der Waals surface area contributed by atoms with E-state index in [1.165, 1.54) is 29.7 Å². The lowest BCUT2D eigenvalue weighted by atomic mass is 9.82. The van der Waals surface area contributed by atoms with Crippen LogP contribution >= 0.6 is 0 Å². The number of benzene rings is 2. The molecule has 1 unspecified atom stereocenters. The molecular weight excluding hydrogens is 402 g/mol. The second kappa shape index (κ2) is 9.06. The zero-order valence-electron chi connectivity index (χ0n) is 17.9. The van der Waals surface area contributed by atoms with Gasteiger partial charge >= 0.3 is 0 Å². The van der Waals surface area contributed by atoms with E-state index in [1.807, 2.05) is 4.90 Å². The smallest absolute Gasteiger partial charge is 0.278 e. The number of aromatic nitrogens is 2. The molecule has 2 aliphatic rings. The molecule has 0 bridgehead atoms. The Hall–Kier alpha value is -3.29. The van der Waals surface area contributed by atoms with E-state index in [4.69, 9.17) is 0 Å². The Bertz CT molecular complexity index is 1020. The topological polar surface area (TPSA) is 75.4 Å². The van der Waals surface area contributed by atoms with Gasteiger partial charge < -0.3 is 15.4 Å². The molecule has 2 aliphatic heterocycles. The van der Waals surface area contributed by atoms with Crippen LogP contribution in [0.5, 0.6) is 0 Å². The molecule has 1 aromatic heterocycles. The van der Waals surface area contributed by atoms with Gasteiger partial charge in [-0.1, -0.05) is 60.7 Å². The summed E-state index contributed by atoms with van der Waals surface area (Å²) in [5.41, 5.74) is 2.80. The van der Waals surface area contributed by atoms with Crippen molar-refractivity contribution in [2.24, 2.45) is 0 Å². The molecule has 0 spiro atoms. The highest BCUT2D eigenvalue weighted by atomic mass is 16.5. The minimum absolute atomic E-state index is 0.181. The first kappa shape index (κ1) is 20.6. The summed E-state index contributed by atoms with van der Waals surface area (Å²) >= 11 is 0. The molecule has 32 heavy (non-hydrogen) atoms. The van der Waals surface area contributed by atoms with Crippen LogP contribution in [0.2, 0.25) is 0 Å². The van der Waals surface area contributed by atoms with Crippen molar-refractivity contribution in [2.75, 3.05) is 32.7 Å². The van der Waals surface area contributed by atoms with Crippen molar-refractivity contribution in [2.45, 2.75) is 18.0 Å². The van der Waals surface area contributed by atoms with Crippen molar-refractivity contribution in [3.05, 3.63) is 101 Å². The maximum absolute atomic E-state index is 13.0. The van der Waals surface area contributed by atoms with Crippen molar-refractivity contribution in [1.82, 2.24) is 20.1 Å². The molecular formula is C25H27N5O2. The quantitative estimate of drug-likeness (QED) is 0.504. The van der Waals surface area contributed by atoms with Gasteiger partial charge in [0, 0.05) is 50.7 Å². The SMILES string of the molecule is O=C(c1c[n+]([O-])ccn1)N1CCN2C(C(c3ccccc3)c3ccccc3)CNC[C@@H]2C1. The van der Waals surface area contributed by atoms with E-state index >= 15 is 0 Å². The summed E-state index contributed by atoms with van der Waals surface area (Å²) in [4.78, 5) is 21.5. The van der Waals surface area contributed by atoms with Gasteiger partial charge in [0.15, 0.2) is 11.9 Å². The van der Waals surface area contributed by atoms with E-state index in [2.05, 4.69) is 75.9 Å². The number of amides is 1. The first-order valence-corrected chi connectivity index (χ1v) is 11.1. The van der Waals surface area contributed by atoms with E-state index in [0.717, 1.165) is 19.6 Å². The average molecular weight is 430 g/mol. The van der Waals surface area contributed by atoms with Crippen LogP contribution in [-0.2, 0) is 0 Å². The maximum atomic E-state index is 13.0. The molecule has 2 atom stereocenters. The number of nitrogens with one attached hydrogen (secondary N) is 1. The standard InChI is InChI=1S/C25H27N5O2/c31-25(22-18-29(32)12-11-27-22)28-13-14-30-21(17-28)15-26-16-23(30)24(19-7-3-1-4-8-19)20-9-5-2-6-10-20/h1-12,18,21,23-24,26H,13-17H2/t21-,23?/m1/s1. The average Bonchev–Trinajstić information content (AvgIpc) is 2.85. The molecule has 164 valence electrons. The number of piperazine rings is 2.